The fourth-order valence-corrected chi connectivity index (χ4v) is 15.7. The molecule has 4 aromatic heterocycles. The van der Waals surface area contributed by atoms with Crippen LogP contribution in [0.1, 0.15) is 0 Å². The van der Waals surface area contributed by atoms with Gasteiger partial charge < -0.3 is 14.4 Å². The second kappa shape index (κ2) is 22.2. The molecule has 19 rings (SSSR count). The minimum atomic E-state index is 0.0600. The fourth-order valence-electron chi connectivity index (χ4n) is 14.4. The van der Waals surface area contributed by atoms with E-state index in [1.165, 1.54) is 64.7 Å². The number of hydrogen-bond donors (Lipinski definition) is 0. The third-order valence-electron chi connectivity index (χ3n) is 18.7. The zero-order valence-electron chi connectivity index (χ0n) is 51.0. The Bertz CT molecular complexity index is 5820. The molecule has 6 heterocycles. The van der Waals surface area contributed by atoms with Crippen molar-refractivity contribution < 1.29 is 0 Å². The quantitative estimate of drug-likeness (QED) is 0.125. The number of hydrogen-bond acceptors (Lipinski definition) is 9. The highest BCUT2D eigenvalue weighted by molar-refractivity contribution is 7.26. The van der Waals surface area contributed by atoms with E-state index >= 15 is 0 Å². The van der Waals surface area contributed by atoms with Crippen LogP contribution in [0, 0.1) is 0 Å². The number of para-hydroxylation sites is 4. The van der Waals surface area contributed by atoms with Crippen molar-refractivity contribution in [3.05, 3.63) is 315 Å². The predicted molar refractivity (Wildman–Crippen MR) is 393 cm³/mol. The van der Waals surface area contributed by atoms with E-state index in [1.54, 1.807) is 0 Å². The molecule has 0 atom stereocenters. The van der Waals surface area contributed by atoms with Gasteiger partial charge in [0.2, 0.25) is 0 Å². The smallest absolute Gasteiger partial charge is 0.252 e. The standard InChI is InChI=1S/C84H52BN9S/c1-5-23-54(24-6-1)79-86-80(55-25-7-2-8-26-55)88-83(87-79)59-45-49-69(94-68-37-17-13-34-64(68)76-72(94)50-48-63-62-33-14-20-42-75(62)95-78(63)76)65(52-59)84-90-81(56-27-9-3-10-28-56)89-82(91-84)58-30-21-29-57(51-58)53-43-46-61(47-44-53)93-71-39-19-16-36-67(71)85-66-35-15-18-38-70(66)92(60-31-11-4-12-32-60)73-40-22-41-74(93)77(73)85/h1-52H. The topological polar surface area (TPSA) is 88.8 Å². The maximum Gasteiger partial charge on any atom is 0.252 e. The summed E-state index contributed by atoms with van der Waals surface area (Å²) in [6.07, 6.45) is 0. The molecule has 0 spiro atoms. The Hall–Kier alpha value is -12.4. The average Bonchev–Trinajstić information content (AvgIpc) is 1.25. The highest BCUT2D eigenvalue weighted by atomic mass is 32.1. The van der Waals surface area contributed by atoms with Crippen molar-refractivity contribution in [2.45, 2.75) is 0 Å². The minimum absolute atomic E-state index is 0.0600. The van der Waals surface area contributed by atoms with E-state index < -0.39 is 0 Å². The van der Waals surface area contributed by atoms with Crippen LogP contribution in [-0.2, 0) is 0 Å². The Morgan fingerprint density at radius 2 is 0.726 bits per heavy atom. The molecule has 2 aliphatic rings. The van der Waals surface area contributed by atoms with E-state index in [2.05, 4.69) is 251 Å². The molecule has 0 amide bonds. The Balaban J connectivity index is 0.771. The summed E-state index contributed by atoms with van der Waals surface area (Å²) in [5, 5.41) is 4.86. The van der Waals surface area contributed by atoms with Crippen LogP contribution in [0.4, 0.5) is 34.1 Å². The molecule has 0 bridgehead atoms. The summed E-state index contributed by atoms with van der Waals surface area (Å²) in [7, 11) is 0. The van der Waals surface area contributed by atoms with Gasteiger partial charge in [0, 0.05) is 98.4 Å². The Kier molecular flexibility index (Phi) is 12.7. The summed E-state index contributed by atoms with van der Waals surface area (Å²) in [4.78, 5) is 36.9. The summed E-state index contributed by atoms with van der Waals surface area (Å²) >= 11 is 1.84. The van der Waals surface area contributed by atoms with Gasteiger partial charge in [0.1, 0.15) is 0 Å². The number of benzene rings is 13. The zero-order valence-corrected chi connectivity index (χ0v) is 51.8. The van der Waals surface area contributed by atoms with E-state index in [4.69, 9.17) is 29.9 Å². The van der Waals surface area contributed by atoms with Gasteiger partial charge in [-0.05, 0) is 119 Å². The largest absolute Gasteiger partial charge is 0.311 e. The first-order valence-corrected chi connectivity index (χ1v) is 32.8. The molecular formula is C84H52BN9S. The molecular weight excluding hydrogens is 1180 g/mol. The first-order valence-electron chi connectivity index (χ1n) is 32.0. The van der Waals surface area contributed by atoms with Crippen molar-refractivity contribution in [3.8, 4) is 85.1 Å². The van der Waals surface area contributed by atoms with E-state index in [-0.39, 0.29) is 6.71 Å². The van der Waals surface area contributed by atoms with Crippen LogP contribution in [-0.4, -0.2) is 41.2 Å². The van der Waals surface area contributed by atoms with Crippen LogP contribution in [0.25, 0.3) is 127 Å². The summed E-state index contributed by atoms with van der Waals surface area (Å²) in [6, 6.07) is 112. The van der Waals surface area contributed by atoms with Crippen LogP contribution in [0.15, 0.2) is 315 Å². The number of fused-ring (bicyclic) bond motifs is 11. The molecule has 11 heteroatoms. The summed E-state index contributed by atoms with van der Waals surface area (Å²) in [5.74, 6) is 3.25. The minimum Gasteiger partial charge on any atom is -0.311 e. The van der Waals surface area contributed by atoms with Gasteiger partial charge in [-0.15, -0.1) is 11.3 Å². The third kappa shape index (κ3) is 9.00. The molecule has 0 unspecified atom stereocenters. The average molecular weight is 1230 g/mol. The molecule has 0 saturated heterocycles. The Morgan fingerprint density at radius 3 is 1.35 bits per heavy atom. The number of rotatable bonds is 10. The zero-order chi connectivity index (χ0) is 62.5. The number of nitrogens with zero attached hydrogens (tertiary/aromatic N) is 9. The van der Waals surface area contributed by atoms with E-state index in [0.29, 0.717) is 34.9 Å². The van der Waals surface area contributed by atoms with Gasteiger partial charge in [0.05, 0.1) is 16.7 Å². The van der Waals surface area contributed by atoms with Crippen LogP contribution < -0.4 is 26.2 Å². The number of aromatic nitrogens is 7. The van der Waals surface area contributed by atoms with Crippen molar-refractivity contribution in [3.63, 3.8) is 0 Å². The SMILES string of the molecule is c1ccc(-c2nc(-c3ccccc3)nc(-c3ccc(-n4c5ccccc5c5c6sc7ccccc7c6ccc54)c(-c4nc(-c5ccccc5)nc(-c5cccc(-c6ccc(N7c8ccccc8B8c9ccccc9N(c9ccccc9)c9cccc7c98)cc6)c5)n4)c3)n2)cc1. The highest BCUT2D eigenvalue weighted by Gasteiger charge is 2.43. The van der Waals surface area contributed by atoms with Crippen molar-refractivity contribution in [2.24, 2.45) is 0 Å². The Morgan fingerprint density at radius 1 is 0.274 bits per heavy atom. The van der Waals surface area contributed by atoms with E-state index in [0.717, 1.165) is 78.0 Å². The van der Waals surface area contributed by atoms with Gasteiger partial charge in [-0.1, -0.05) is 224 Å². The third-order valence-corrected chi connectivity index (χ3v) is 19.9. The molecule has 0 aliphatic carbocycles. The number of anilines is 6. The van der Waals surface area contributed by atoms with Gasteiger partial charge in [-0.3, -0.25) is 0 Å². The van der Waals surface area contributed by atoms with Crippen LogP contribution in [0.2, 0.25) is 0 Å². The van der Waals surface area contributed by atoms with Gasteiger partial charge in [0.25, 0.3) is 6.71 Å². The summed E-state index contributed by atoms with van der Waals surface area (Å²) in [5.41, 5.74) is 21.0. The lowest BCUT2D eigenvalue weighted by Gasteiger charge is -2.44. The summed E-state index contributed by atoms with van der Waals surface area (Å²) < 4.78 is 4.89. The van der Waals surface area contributed by atoms with Gasteiger partial charge in [0.15, 0.2) is 34.9 Å². The first-order chi connectivity index (χ1) is 47.1. The van der Waals surface area contributed by atoms with Crippen molar-refractivity contribution in [1.29, 1.82) is 0 Å². The fraction of sp³-hybridized carbons (Fsp3) is 0. The van der Waals surface area contributed by atoms with Crippen molar-refractivity contribution >= 4 is 111 Å². The molecule has 13 aromatic carbocycles. The van der Waals surface area contributed by atoms with Gasteiger partial charge in [-0.2, -0.15) is 0 Å². The predicted octanol–water partition coefficient (Wildman–Crippen LogP) is 19.3. The molecule has 95 heavy (non-hydrogen) atoms. The molecule has 2 aliphatic heterocycles. The lowest BCUT2D eigenvalue weighted by Crippen LogP contribution is -2.61. The normalized spacial score (nSPS) is 12.4. The molecule has 0 saturated carbocycles. The van der Waals surface area contributed by atoms with Gasteiger partial charge >= 0.3 is 0 Å². The molecule has 9 nitrogen and oxygen atoms in total. The highest BCUT2D eigenvalue weighted by Crippen LogP contribution is 2.47. The van der Waals surface area contributed by atoms with Crippen LogP contribution >= 0.6 is 11.3 Å². The van der Waals surface area contributed by atoms with E-state index in [9.17, 15) is 0 Å². The monoisotopic (exact) mass is 1230 g/mol. The second-order valence-electron chi connectivity index (χ2n) is 24.1. The van der Waals surface area contributed by atoms with Crippen LogP contribution in [0.5, 0.6) is 0 Å². The maximum atomic E-state index is 5.59. The van der Waals surface area contributed by atoms with E-state index in [1.807, 2.05) is 90.2 Å². The van der Waals surface area contributed by atoms with Gasteiger partial charge in [-0.25, -0.2) is 29.9 Å². The maximum absolute atomic E-state index is 5.59. The summed E-state index contributed by atoms with van der Waals surface area (Å²) in [6.45, 7) is 0.0600. The molecule has 442 valence electrons. The second-order valence-corrected chi connectivity index (χ2v) is 25.2. The van der Waals surface area contributed by atoms with Crippen molar-refractivity contribution in [2.75, 3.05) is 9.80 Å². The number of thiophene rings is 1. The molecule has 17 aromatic rings. The lowest BCUT2D eigenvalue weighted by molar-refractivity contribution is 1.06. The van der Waals surface area contributed by atoms with Crippen molar-refractivity contribution in [1.82, 2.24) is 34.5 Å². The Labute approximate surface area is 552 Å². The first kappa shape index (κ1) is 54.3. The molecule has 0 fully saturated rings. The molecule has 0 radical (unpaired) electrons. The molecule has 0 N–H and O–H groups in total. The lowest BCUT2D eigenvalue weighted by atomic mass is 9.33. The van der Waals surface area contributed by atoms with Crippen LogP contribution in [0.3, 0.4) is 0 Å².